The third kappa shape index (κ3) is 8.92. The Labute approximate surface area is 340 Å². The lowest BCUT2D eigenvalue weighted by atomic mass is 9.83. The lowest BCUT2D eigenvalue weighted by Gasteiger charge is -2.42. The van der Waals surface area contributed by atoms with E-state index in [4.69, 9.17) is 40.0 Å². The van der Waals surface area contributed by atoms with Gasteiger partial charge in [-0.15, -0.1) is 0 Å². The van der Waals surface area contributed by atoms with Gasteiger partial charge in [-0.1, -0.05) is 42.3 Å². The van der Waals surface area contributed by atoms with E-state index in [1.54, 1.807) is 38.1 Å². The number of ether oxygens (including phenoxy) is 6. The Kier molecular flexibility index (Phi) is 13.1. The monoisotopic (exact) mass is 828 g/mol. The number of nitro benzene ring substituents is 1. The van der Waals surface area contributed by atoms with E-state index in [1.807, 2.05) is 13.0 Å². The number of likely N-dealkylation sites (N-methyl/N-ethyl adjacent to an activating group) is 1. The minimum absolute atomic E-state index is 0.0491. The molecule has 0 aliphatic carbocycles. The minimum Gasteiger partial charge on any atom is -0.495 e. The summed E-state index contributed by atoms with van der Waals surface area (Å²) < 4.78 is 34.2. The van der Waals surface area contributed by atoms with Crippen LogP contribution in [-0.4, -0.2) is 116 Å². The zero-order valence-electron chi connectivity index (χ0n) is 33.8. The molecule has 4 bridgehead atoms. The summed E-state index contributed by atoms with van der Waals surface area (Å²) in [6.07, 6.45) is 0.270. The van der Waals surface area contributed by atoms with Crippen molar-refractivity contribution in [1.29, 1.82) is 0 Å². The number of methoxy groups -OCH3 is 3. The lowest BCUT2D eigenvalue weighted by molar-refractivity contribution is -0.385. The Morgan fingerprint density at radius 1 is 1.16 bits per heavy atom. The van der Waals surface area contributed by atoms with E-state index >= 15 is 0 Å². The molecule has 0 aromatic heterocycles. The number of epoxide rings is 1. The summed E-state index contributed by atoms with van der Waals surface area (Å²) in [5.41, 5.74) is -1.73. The third-order valence-electron chi connectivity index (χ3n) is 11.1. The van der Waals surface area contributed by atoms with Crippen LogP contribution in [0.4, 0.5) is 16.2 Å². The zero-order chi connectivity index (χ0) is 42.9. The minimum atomic E-state index is -1.88. The fourth-order valence-electron chi connectivity index (χ4n) is 7.35. The van der Waals surface area contributed by atoms with E-state index in [1.165, 1.54) is 59.4 Å². The van der Waals surface area contributed by atoms with Gasteiger partial charge in [0.25, 0.3) is 5.91 Å². The second-order valence-electron chi connectivity index (χ2n) is 15.0. The molecule has 0 spiro atoms. The molecule has 3 aliphatic heterocycles. The van der Waals surface area contributed by atoms with Gasteiger partial charge in [-0.05, 0) is 57.0 Å². The van der Waals surface area contributed by atoms with Crippen molar-refractivity contribution in [1.82, 2.24) is 10.2 Å². The summed E-state index contributed by atoms with van der Waals surface area (Å²) in [6, 6.07) is 5.93. The molecule has 0 saturated carbocycles. The first-order chi connectivity index (χ1) is 27.3. The highest BCUT2D eigenvalue weighted by Crippen LogP contribution is 2.49. The van der Waals surface area contributed by atoms with Gasteiger partial charge >= 0.3 is 17.7 Å². The van der Waals surface area contributed by atoms with Gasteiger partial charge in [-0.2, -0.15) is 0 Å². The van der Waals surface area contributed by atoms with Crippen LogP contribution in [0.15, 0.2) is 54.1 Å². The largest absolute Gasteiger partial charge is 0.495 e. The van der Waals surface area contributed by atoms with Gasteiger partial charge < -0.3 is 43.3 Å². The number of allylic oxidation sites excluding steroid dienone is 3. The van der Waals surface area contributed by atoms with Crippen molar-refractivity contribution in [2.24, 2.45) is 5.92 Å². The average molecular weight is 829 g/mol. The first-order valence-electron chi connectivity index (χ1n) is 18.5. The average Bonchev–Trinajstić information content (AvgIpc) is 3.89. The molecular weight excluding hydrogens is 780 g/mol. The van der Waals surface area contributed by atoms with Gasteiger partial charge in [-0.25, -0.2) is 9.59 Å². The van der Waals surface area contributed by atoms with Gasteiger partial charge in [0.05, 0.1) is 37.4 Å². The predicted octanol–water partition coefficient (Wildman–Crippen LogP) is 4.75. The second kappa shape index (κ2) is 17.3. The molecule has 2 saturated heterocycles. The highest BCUT2D eigenvalue weighted by atomic mass is 35.5. The summed E-state index contributed by atoms with van der Waals surface area (Å²) in [6.45, 7) is 6.71. The molecule has 2 N–H and O–H groups in total. The molecule has 17 nitrogen and oxygen atoms in total. The van der Waals surface area contributed by atoms with Gasteiger partial charge in [0, 0.05) is 45.2 Å². The number of fused-ring (bicyclic) bond motifs is 5. The Bertz CT molecular complexity index is 2030. The SMILES string of the molecule is COc1ccc(C(=O)N(C)[C@@H](C)C(=O)O[C@H]2CC(=O)N(C)c3cc(cc(OC)c3Cl)C/C(C)=C/C=C/[C@@H](OC)[C@@]3(O)C[C@H](OC(=O)N3)[C@@H](C)[C@@H]3O[C@@]23C)cc1[N+](=O)[O-]. The van der Waals surface area contributed by atoms with Crippen LogP contribution in [-0.2, 0) is 35.0 Å². The summed E-state index contributed by atoms with van der Waals surface area (Å²) in [5, 5.41) is 26.1. The maximum absolute atomic E-state index is 14.2. The van der Waals surface area contributed by atoms with Crippen LogP contribution in [0, 0.1) is 16.0 Å². The molecule has 18 heteroatoms. The van der Waals surface area contributed by atoms with Crippen LogP contribution in [0.1, 0.15) is 56.5 Å². The molecule has 2 aromatic rings. The van der Waals surface area contributed by atoms with Crippen LogP contribution in [0.5, 0.6) is 11.5 Å². The standard InChI is InChI=1S/C40H49ClN4O13/c1-21-11-10-12-31(55-9)40(50)20-30(56-38(49)42-40)22(2)35-39(4,58-35)32(19-33(46)44(6)27-16-24(15-21)17-29(54-8)34(27)41)57-37(48)23(3)43(5)36(47)25-13-14-28(53-7)26(18-25)45(51)52/h10-14,16-18,22-23,30-32,35,50H,15,19-20H2,1-9H3,(H,42,49)/b12-10+,21-11+/t22-,23+,30+,31-,32+,35+,39+,40+/m1/s1. The molecule has 3 amide bonds. The van der Waals surface area contributed by atoms with Gasteiger partial charge in [0.1, 0.15) is 40.7 Å². The maximum Gasteiger partial charge on any atom is 0.409 e. The molecule has 0 unspecified atom stereocenters. The molecule has 2 fully saturated rings. The quantitative estimate of drug-likeness (QED) is 0.160. The number of carbonyl (C=O) groups is 4. The number of hydrogen-bond donors (Lipinski definition) is 2. The molecule has 314 valence electrons. The number of rotatable bonds is 8. The van der Waals surface area contributed by atoms with Crippen LogP contribution >= 0.6 is 11.6 Å². The van der Waals surface area contributed by atoms with Gasteiger partial charge in [0.15, 0.2) is 11.5 Å². The topological polar surface area (TPSA) is 209 Å². The number of esters is 1. The van der Waals surface area contributed by atoms with E-state index in [2.05, 4.69) is 5.32 Å². The molecule has 3 heterocycles. The van der Waals surface area contributed by atoms with Crippen molar-refractivity contribution in [2.75, 3.05) is 40.3 Å². The van der Waals surface area contributed by atoms with Gasteiger partial charge in [-0.3, -0.25) is 25.0 Å². The van der Waals surface area contributed by atoms with Crippen molar-refractivity contribution < 1.29 is 57.6 Å². The number of alkyl carbamates (subject to hydrolysis) is 1. The van der Waals surface area contributed by atoms with Crippen molar-refractivity contribution in [2.45, 2.75) is 88.7 Å². The summed E-state index contributed by atoms with van der Waals surface area (Å²) in [7, 11) is 6.99. The first-order valence-corrected chi connectivity index (χ1v) is 18.8. The van der Waals surface area contributed by atoms with Crippen molar-refractivity contribution >= 4 is 46.9 Å². The van der Waals surface area contributed by atoms with Crippen molar-refractivity contribution in [3.8, 4) is 11.5 Å². The second-order valence-corrected chi connectivity index (χ2v) is 15.3. The Morgan fingerprint density at radius 3 is 2.48 bits per heavy atom. The smallest absolute Gasteiger partial charge is 0.409 e. The fourth-order valence-corrected chi connectivity index (χ4v) is 7.66. The molecule has 58 heavy (non-hydrogen) atoms. The summed E-state index contributed by atoms with van der Waals surface area (Å²) in [5.74, 6) is -2.46. The maximum atomic E-state index is 14.2. The van der Waals surface area contributed by atoms with Crippen LogP contribution in [0.2, 0.25) is 5.02 Å². The zero-order valence-corrected chi connectivity index (χ0v) is 34.5. The molecule has 3 aliphatic rings. The number of nitrogens with one attached hydrogen (secondary N) is 1. The normalized spacial score (nSPS) is 29.3. The number of halogens is 1. The molecular formula is C40H49ClN4O13. The fraction of sp³-hybridized carbons (Fsp3) is 0.500. The van der Waals surface area contributed by atoms with E-state index in [9.17, 15) is 34.4 Å². The van der Waals surface area contributed by atoms with E-state index in [-0.39, 0.29) is 22.8 Å². The number of amides is 3. The Hall–Kier alpha value is -5.23. The third-order valence-corrected chi connectivity index (χ3v) is 11.5. The van der Waals surface area contributed by atoms with Crippen LogP contribution in [0.3, 0.4) is 0 Å². The van der Waals surface area contributed by atoms with E-state index in [0.717, 1.165) is 22.1 Å². The van der Waals surface area contributed by atoms with Crippen LogP contribution in [0.25, 0.3) is 0 Å². The van der Waals surface area contributed by atoms with Crippen LogP contribution < -0.4 is 19.7 Å². The number of anilines is 1. The predicted molar refractivity (Wildman–Crippen MR) is 210 cm³/mol. The number of nitro groups is 1. The molecule has 8 atom stereocenters. The Balaban J connectivity index is 1.51. The summed E-state index contributed by atoms with van der Waals surface area (Å²) >= 11 is 6.76. The lowest BCUT2D eigenvalue weighted by Crippen LogP contribution is -2.63. The number of aliphatic hydroxyl groups is 1. The van der Waals surface area contributed by atoms with Gasteiger partial charge in [0.2, 0.25) is 5.91 Å². The first kappa shape index (κ1) is 43.9. The number of nitrogens with zero attached hydrogens (tertiary/aromatic N) is 3. The van der Waals surface area contributed by atoms with Crippen molar-refractivity contribution in [3.63, 3.8) is 0 Å². The number of benzene rings is 2. The molecule has 2 aromatic carbocycles. The Morgan fingerprint density at radius 2 is 1.84 bits per heavy atom. The molecule has 0 radical (unpaired) electrons. The van der Waals surface area contributed by atoms with Crippen molar-refractivity contribution in [3.05, 3.63) is 80.4 Å². The highest BCUT2D eigenvalue weighted by Gasteiger charge is 2.64. The van der Waals surface area contributed by atoms with E-state index in [0.29, 0.717) is 17.9 Å². The highest BCUT2D eigenvalue weighted by molar-refractivity contribution is 6.35. The number of hydrogen-bond acceptors (Lipinski definition) is 13. The molecule has 5 rings (SSSR count). The van der Waals surface area contributed by atoms with E-state index < -0.39 is 88.6 Å². The number of carbonyl (C=O) groups excluding carboxylic acids is 4. The summed E-state index contributed by atoms with van der Waals surface area (Å²) in [4.78, 5) is 67.9.